The summed E-state index contributed by atoms with van der Waals surface area (Å²) in [6, 6.07) is -0.889. The highest BCUT2D eigenvalue weighted by molar-refractivity contribution is 5.81. The van der Waals surface area contributed by atoms with Crippen LogP contribution in [0, 0.1) is 0 Å². The van der Waals surface area contributed by atoms with E-state index in [2.05, 4.69) is 10.1 Å². The molecule has 0 saturated carbocycles. The van der Waals surface area contributed by atoms with Crippen molar-refractivity contribution in [2.45, 2.75) is 45.4 Å². The van der Waals surface area contributed by atoms with Crippen molar-refractivity contribution in [1.82, 2.24) is 5.32 Å². The second-order valence-electron chi connectivity index (χ2n) is 4.59. The number of carbonyl (C=O) groups is 2. The normalized spacial score (nSPS) is 14.7. The van der Waals surface area contributed by atoms with Gasteiger partial charge in [0.2, 0.25) is 0 Å². The third kappa shape index (κ3) is 6.11. The van der Waals surface area contributed by atoms with Crippen LogP contribution in [0.15, 0.2) is 0 Å². The van der Waals surface area contributed by atoms with Gasteiger partial charge in [0.15, 0.2) is 6.04 Å². The van der Waals surface area contributed by atoms with Crippen LogP contribution < -0.4 is 5.32 Å². The van der Waals surface area contributed by atoms with Gasteiger partial charge in [0, 0.05) is 7.11 Å². The molecule has 6 nitrogen and oxygen atoms in total. The van der Waals surface area contributed by atoms with Crippen LogP contribution in [-0.4, -0.2) is 44.0 Å². The van der Waals surface area contributed by atoms with Gasteiger partial charge in [-0.1, -0.05) is 0 Å². The minimum Gasteiger partial charge on any atom is -0.467 e. The van der Waals surface area contributed by atoms with Crippen LogP contribution in [0.25, 0.3) is 0 Å². The highest BCUT2D eigenvalue weighted by Gasteiger charge is 2.29. The predicted molar refractivity (Wildman–Crippen MR) is 61.6 cm³/mol. The minimum absolute atomic E-state index is 0.505. The zero-order valence-electron chi connectivity index (χ0n) is 11.2. The van der Waals surface area contributed by atoms with E-state index in [-0.39, 0.29) is 0 Å². The molecule has 0 aliphatic rings. The summed E-state index contributed by atoms with van der Waals surface area (Å²) in [6.07, 6.45) is -1.19. The molecule has 0 radical (unpaired) electrons. The lowest BCUT2D eigenvalue weighted by Gasteiger charge is -2.25. The van der Waals surface area contributed by atoms with E-state index in [9.17, 15) is 9.59 Å². The van der Waals surface area contributed by atoms with Crippen molar-refractivity contribution in [3.8, 4) is 0 Å². The molecule has 0 aromatic carbocycles. The summed E-state index contributed by atoms with van der Waals surface area (Å²) in [4.78, 5) is 23.0. The smallest absolute Gasteiger partial charge is 0.408 e. The molecular weight excluding hydrogens is 226 g/mol. The van der Waals surface area contributed by atoms with Crippen LogP contribution in [0.5, 0.6) is 0 Å². The van der Waals surface area contributed by atoms with Gasteiger partial charge in [-0.25, -0.2) is 9.59 Å². The molecule has 0 saturated heterocycles. The van der Waals surface area contributed by atoms with Crippen LogP contribution in [0.1, 0.15) is 27.7 Å². The minimum atomic E-state index is -0.889. The van der Waals surface area contributed by atoms with Crippen LogP contribution in [0.4, 0.5) is 4.79 Å². The molecule has 0 aliphatic heterocycles. The van der Waals surface area contributed by atoms with Gasteiger partial charge in [0.05, 0.1) is 13.2 Å². The molecule has 0 bridgehead atoms. The number of hydrogen-bond donors (Lipinski definition) is 1. The van der Waals surface area contributed by atoms with E-state index in [1.54, 1.807) is 27.7 Å². The van der Waals surface area contributed by atoms with E-state index >= 15 is 0 Å². The maximum Gasteiger partial charge on any atom is 0.408 e. The number of ether oxygens (including phenoxy) is 3. The van der Waals surface area contributed by atoms with Crippen molar-refractivity contribution in [2.75, 3.05) is 14.2 Å². The van der Waals surface area contributed by atoms with Gasteiger partial charge in [-0.2, -0.15) is 0 Å². The van der Waals surface area contributed by atoms with Crippen molar-refractivity contribution in [1.29, 1.82) is 0 Å². The topological polar surface area (TPSA) is 73.9 Å². The molecule has 1 amide bonds. The number of alkyl carbamates (subject to hydrolysis) is 1. The molecule has 0 aliphatic carbocycles. The summed E-state index contributed by atoms with van der Waals surface area (Å²) < 4.78 is 14.6. The molecule has 6 heteroatoms. The predicted octanol–water partition coefficient (Wildman–Crippen LogP) is 1.09. The Labute approximate surface area is 102 Å². The molecule has 0 heterocycles. The van der Waals surface area contributed by atoms with Crippen molar-refractivity contribution in [3.63, 3.8) is 0 Å². The summed E-state index contributed by atoms with van der Waals surface area (Å²) >= 11 is 0. The van der Waals surface area contributed by atoms with Crippen molar-refractivity contribution >= 4 is 12.1 Å². The maximum absolute atomic E-state index is 11.5. The van der Waals surface area contributed by atoms with Gasteiger partial charge < -0.3 is 19.5 Å². The molecular formula is C11H21NO5. The second-order valence-corrected chi connectivity index (χ2v) is 4.59. The Kier molecular flexibility index (Phi) is 5.95. The Morgan fingerprint density at radius 1 is 1.18 bits per heavy atom. The number of hydrogen-bond acceptors (Lipinski definition) is 5. The molecule has 0 spiro atoms. The first-order chi connectivity index (χ1) is 7.71. The van der Waals surface area contributed by atoms with Crippen LogP contribution in [0.3, 0.4) is 0 Å². The van der Waals surface area contributed by atoms with E-state index in [1.807, 2.05) is 0 Å². The fraction of sp³-hybridized carbons (Fsp3) is 0.818. The number of amides is 1. The van der Waals surface area contributed by atoms with E-state index in [0.717, 1.165) is 0 Å². The van der Waals surface area contributed by atoms with Gasteiger partial charge in [-0.15, -0.1) is 0 Å². The number of methoxy groups -OCH3 is 2. The molecule has 0 fully saturated rings. The Morgan fingerprint density at radius 3 is 2.06 bits per heavy atom. The Bertz CT molecular complexity index is 272. The van der Waals surface area contributed by atoms with E-state index in [4.69, 9.17) is 9.47 Å². The standard InChI is InChI=1S/C11H21NO5/c1-7(15-5)8(9(13)16-6)12-10(14)17-11(2,3)4/h7-8H,1-6H3,(H,12,14)/t7-,8-/m0/s1. The van der Waals surface area contributed by atoms with Gasteiger partial charge in [0.25, 0.3) is 0 Å². The average Bonchev–Trinajstić information content (AvgIpc) is 2.21. The van der Waals surface area contributed by atoms with Crippen molar-refractivity contribution < 1.29 is 23.8 Å². The van der Waals surface area contributed by atoms with Crippen molar-refractivity contribution in [3.05, 3.63) is 0 Å². The summed E-state index contributed by atoms with van der Waals surface area (Å²) in [7, 11) is 2.69. The van der Waals surface area contributed by atoms with Gasteiger partial charge >= 0.3 is 12.1 Å². The quantitative estimate of drug-likeness (QED) is 0.753. The molecule has 2 atom stereocenters. The largest absolute Gasteiger partial charge is 0.467 e. The van der Waals surface area contributed by atoms with Gasteiger partial charge in [-0.3, -0.25) is 0 Å². The SMILES string of the molecule is COC(=O)[C@@H](NC(=O)OC(C)(C)C)[C@H](C)OC. The average molecular weight is 247 g/mol. The number of nitrogens with one attached hydrogen (secondary N) is 1. The Balaban J connectivity index is 4.54. The summed E-state index contributed by atoms with van der Waals surface area (Å²) in [5.74, 6) is -0.579. The molecule has 17 heavy (non-hydrogen) atoms. The number of rotatable bonds is 4. The highest BCUT2D eigenvalue weighted by atomic mass is 16.6. The zero-order chi connectivity index (χ0) is 13.6. The molecule has 100 valence electrons. The molecule has 0 rings (SSSR count). The first-order valence-electron chi connectivity index (χ1n) is 5.31. The van der Waals surface area contributed by atoms with Gasteiger partial charge in [-0.05, 0) is 27.7 Å². The second kappa shape index (κ2) is 6.44. The summed E-state index contributed by atoms with van der Waals surface area (Å²) in [5, 5.41) is 2.41. The number of esters is 1. The first kappa shape index (κ1) is 15.7. The lowest BCUT2D eigenvalue weighted by atomic mass is 10.2. The number of carbonyl (C=O) groups excluding carboxylic acids is 2. The Morgan fingerprint density at radius 2 is 1.71 bits per heavy atom. The van der Waals surface area contributed by atoms with Crippen molar-refractivity contribution in [2.24, 2.45) is 0 Å². The monoisotopic (exact) mass is 247 g/mol. The fourth-order valence-electron chi connectivity index (χ4n) is 1.07. The lowest BCUT2D eigenvalue weighted by molar-refractivity contribution is -0.146. The van der Waals surface area contributed by atoms with E-state index < -0.39 is 29.8 Å². The van der Waals surface area contributed by atoms with Crippen LogP contribution >= 0.6 is 0 Å². The zero-order valence-corrected chi connectivity index (χ0v) is 11.2. The molecule has 1 N–H and O–H groups in total. The summed E-state index contributed by atoms with van der Waals surface area (Å²) in [5.41, 5.74) is -0.624. The highest BCUT2D eigenvalue weighted by Crippen LogP contribution is 2.08. The Hall–Kier alpha value is -1.30. The van der Waals surface area contributed by atoms with Gasteiger partial charge in [0.1, 0.15) is 5.60 Å². The van der Waals surface area contributed by atoms with Crippen LogP contribution in [0.2, 0.25) is 0 Å². The fourth-order valence-corrected chi connectivity index (χ4v) is 1.07. The van der Waals surface area contributed by atoms with Crippen LogP contribution in [-0.2, 0) is 19.0 Å². The lowest BCUT2D eigenvalue weighted by Crippen LogP contribution is -2.50. The molecule has 0 aromatic rings. The third-order valence-electron chi connectivity index (χ3n) is 1.97. The molecule has 0 aromatic heterocycles. The third-order valence-corrected chi connectivity index (χ3v) is 1.97. The maximum atomic E-state index is 11.5. The van der Waals surface area contributed by atoms with E-state index in [1.165, 1.54) is 14.2 Å². The summed E-state index contributed by atoms with van der Waals surface area (Å²) in [6.45, 7) is 6.86. The molecule has 0 unspecified atom stereocenters. The first-order valence-corrected chi connectivity index (χ1v) is 5.31. The van der Waals surface area contributed by atoms with E-state index in [0.29, 0.717) is 0 Å².